The van der Waals surface area contributed by atoms with Crippen molar-refractivity contribution in [1.82, 2.24) is 19.5 Å². The van der Waals surface area contributed by atoms with Crippen LogP contribution in [0.25, 0.3) is 16.8 Å². The van der Waals surface area contributed by atoms with Gasteiger partial charge in [0.2, 0.25) is 0 Å². The molecule has 7 heteroatoms. The Morgan fingerprint density at radius 1 is 1.20 bits per heavy atom. The van der Waals surface area contributed by atoms with Crippen molar-refractivity contribution in [1.29, 1.82) is 0 Å². The van der Waals surface area contributed by atoms with Crippen LogP contribution in [0.15, 0.2) is 65.6 Å². The van der Waals surface area contributed by atoms with Gasteiger partial charge < -0.3 is 14.1 Å². The SMILES string of the molecule is COc1cccc(-c2ccc3nc([C@H]4CCCN(C(=O)c5ccoc5)C4)nn3c2)c1. The third kappa shape index (κ3) is 3.43. The summed E-state index contributed by atoms with van der Waals surface area (Å²) in [5.41, 5.74) is 3.48. The summed E-state index contributed by atoms with van der Waals surface area (Å²) in [6, 6.07) is 13.7. The van der Waals surface area contributed by atoms with E-state index in [-0.39, 0.29) is 11.8 Å². The first-order valence-corrected chi connectivity index (χ1v) is 10.0. The number of fused-ring (bicyclic) bond motifs is 1. The highest BCUT2D eigenvalue weighted by Gasteiger charge is 2.28. The molecule has 1 fully saturated rings. The molecule has 4 heterocycles. The van der Waals surface area contributed by atoms with Crippen LogP contribution in [0.3, 0.4) is 0 Å². The number of carbonyl (C=O) groups is 1. The van der Waals surface area contributed by atoms with E-state index in [1.54, 1.807) is 13.2 Å². The quantitative estimate of drug-likeness (QED) is 0.516. The molecule has 1 aliphatic heterocycles. The molecule has 0 unspecified atom stereocenters. The van der Waals surface area contributed by atoms with E-state index in [4.69, 9.17) is 19.2 Å². The Balaban J connectivity index is 1.40. The molecule has 0 bridgehead atoms. The molecule has 1 aromatic carbocycles. The molecule has 0 aliphatic carbocycles. The number of amides is 1. The fourth-order valence-electron chi connectivity index (χ4n) is 3.99. The Morgan fingerprint density at radius 2 is 2.13 bits per heavy atom. The van der Waals surface area contributed by atoms with Crippen molar-refractivity contribution in [2.75, 3.05) is 20.2 Å². The van der Waals surface area contributed by atoms with Gasteiger partial charge in [0.05, 0.1) is 18.9 Å². The maximum absolute atomic E-state index is 12.7. The summed E-state index contributed by atoms with van der Waals surface area (Å²) in [6.07, 6.45) is 6.90. The lowest BCUT2D eigenvalue weighted by molar-refractivity contribution is 0.0704. The molecule has 7 nitrogen and oxygen atoms in total. The summed E-state index contributed by atoms with van der Waals surface area (Å²) in [4.78, 5) is 19.3. The van der Waals surface area contributed by atoms with Crippen molar-refractivity contribution in [3.63, 3.8) is 0 Å². The van der Waals surface area contributed by atoms with Gasteiger partial charge in [0.15, 0.2) is 11.5 Å². The molecule has 152 valence electrons. The Bertz CT molecular complexity index is 1180. The largest absolute Gasteiger partial charge is 0.497 e. The first kappa shape index (κ1) is 18.4. The van der Waals surface area contributed by atoms with Gasteiger partial charge in [0.1, 0.15) is 12.0 Å². The second kappa shape index (κ2) is 7.67. The van der Waals surface area contributed by atoms with Crippen molar-refractivity contribution in [2.24, 2.45) is 0 Å². The molecule has 0 saturated carbocycles. The zero-order valence-electron chi connectivity index (χ0n) is 16.7. The van der Waals surface area contributed by atoms with E-state index in [0.717, 1.165) is 47.7 Å². The number of aromatic nitrogens is 3. The molecule has 0 radical (unpaired) electrons. The maximum Gasteiger partial charge on any atom is 0.257 e. The third-order valence-corrected chi connectivity index (χ3v) is 5.59. The number of ether oxygens (including phenoxy) is 1. The standard InChI is InChI=1S/C23H22N4O3/c1-29-20-6-2-4-16(12-20)17-7-8-21-24-22(25-27(21)14-17)18-5-3-10-26(13-18)23(28)19-9-11-30-15-19/h2,4,6-9,11-12,14-15,18H,3,5,10,13H2,1H3/t18-/m0/s1. The average Bonchev–Trinajstić information content (AvgIpc) is 3.48. The summed E-state index contributed by atoms with van der Waals surface area (Å²) in [5, 5.41) is 4.74. The highest BCUT2D eigenvalue weighted by molar-refractivity contribution is 5.93. The van der Waals surface area contributed by atoms with E-state index < -0.39 is 0 Å². The number of hydrogen-bond donors (Lipinski definition) is 0. The van der Waals surface area contributed by atoms with Gasteiger partial charge in [-0.05, 0) is 48.7 Å². The van der Waals surface area contributed by atoms with E-state index >= 15 is 0 Å². The van der Waals surface area contributed by atoms with E-state index in [2.05, 4.69) is 0 Å². The van der Waals surface area contributed by atoms with Gasteiger partial charge in [-0.1, -0.05) is 12.1 Å². The molecule has 30 heavy (non-hydrogen) atoms. The molecular weight excluding hydrogens is 380 g/mol. The molecule has 1 amide bonds. The minimum Gasteiger partial charge on any atom is -0.497 e. The van der Waals surface area contributed by atoms with Crippen LogP contribution in [0.2, 0.25) is 0 Å². The number of pyridine rings is 1. The van der Waals surface area contributed by atoms with Gasteiger partial charge in [0, 0.05) is 30.8 Å². The number of likely N-dealkylation sites (tertiary alicyclic amines) is 1. The monoisotopic (exact) mass is 402 g/mol. The minimum absolute atomic E-state index is 0.00229. The lowest BCUT2D eigenvalue weighted by atomic mass is 9.97. The Kier molecular flexibility index (Phi) is 4.71. The summed E-state index contributed by atoms with van der Waals surface area (Å²) in [5.74, 6) is 1.71. The maximum atomic E-state index is 12.7. The van der Waals surface area contributed by atoms with E-state index in [0.29, 0.717) is 12.1 Å². The second-order valence-electron chi connectivity index (χ2n) is 7.52. The van der Waals surface area contributed by atoms with E-state index in [1.165, 1.54) is 12.5 Å². The first-order chi connectivity index (χ1) is 14.7. The summed E-state index contributed by atoms with van der Waals surface area (Å²) in [7, 11) is 1.66. The number of piperidine rings is 1. The van der Waals surface area contributed by atoms with Crippen molar-refractivity contribution in [3.8, 4) is 16.9 Å². The van der Waals surface area contributed by atoms with Gasteiger partial charge in [-0.15, -0.1) is 0 Å². The van der Waals surface area contributed by atoms with Crippen molar-refractivity contribution < 1.29 is 13.9 Å². The minimum atomic E-state index is -0.00229. The molecule has 0 spiro atoms. The predicted molar refractivity (Wildman–Crippen MR) is 112 cm³/mol. The van der Waals surface area contributed by atoms with Crippen LogP contribution < -0.4 is 4.74 Å². The van der Waals surface area contributed by atoms with Gasteiger partial charge in [0.25, 0.3) is 5.91 Å². The van der Waals surface area contributed by atoms with Gasteiger partial charge in [-0.2, -0.15) is 5.10 Å². The zero-order valence-corrected chi connectivity index (χ0v) is 16.7. The lowest BCUT2D eigenvalue weighted by Gasteiger charge is -2.31. The Labute approximate surface area is 173 Å². The van der Waals surface area contributed by atoms with Gasteiger partial charge in [-0.3, -0.25) is 4.79 Å². The van der Waals surface area contributed by atoms with Gasteiger partial charge >= 0.3 is 0 Å². The Hall–Kier alpha value is -3.61. The molecule has 1 saturated heterocycles. The van der Waals surface area contributed by atoms with Crippen molar-refractivity contribution in [3.05, 3.63) is 72.6 Å². The van der Waals surface area contributed by atoms with Crippen LogP contribution in [-0.2, 0) is 0 Å². The highest BCUT2D eigenvalue weighted by Crippen LogP contribution is 2.28. The number of furan rings is 1. The van der Waals surface area contributed by atoms with E-state index in [9.17, 15) is 4.79 Å². The molecule has 1 aliphatic rings. The fraction of sp³-hybridized carbons (Fsp3) is 0.261. The number of hydrogen-bond acceptors (Lipinski definition) is 5. The average molecular weight is 402 g/mol. The Morgan fingerprint density at radius 3 is 2.97 bits per heavy atom. The van der Waals surface area contributed by atoms with E-state index in [1.807, 2.05) is 52.0 Å². The molecule has 0 N–H and O–H groups in total. The summed E-state index contributed by atoms with van der Waals surface area (Å²) in [6.45, 7) is 1.36. The molecule has 4 aromatic rings. The van der Waals surface area contributed by atoms with Crippen molar-refractivity contribution in [2.45, 2.75) is 18.8 Å². The highest BCUT2D eigenvalue weighted by atomic mass is 16.5. The molecule has 1 atom stereocenters. The van der Waals surface area contributed by atoms with Crippen LogP contribution in [0.4, 0.5) is 0 Å². The number of methoxy groups -OCH3 is 1. The lowest BCUT2D eigenvalue weighted by Crippen LogP contribution is -2.39. The summed E-state index contributed by atoms with van der Waals surface area (Å²) < 4.78 is 12.2. The molecule has 5 rings (SSSR count). The normalized spacial score (nSPS) is 16.7. The second-order valence-corrected chi connectivity index (χ2v) is 7.52. The van der Waals surface area contributed by atoms with Gasteiger partial charge in [-0.25, -0.2) is 9.50 Å². The van der Waals surface area contributed by atoms with Crippen LogP contribution in [0, 0.1) is 0 Å². The van der Waals surface area contributed by atoms with Crippen LogP contribution in [0.1, 0.15) is 34.9 Å². The van der Waals surface area contributed by atoms with Crippen LogP contribution >= 0.6 is 0 Å². The first-order valence-electron chi connectivity index (χ1n) is 10.0. The van der Waals surface area contributed by atoms with Crippen LogP contribution in [-0.4, -0.2) is 45.6 Å². The molecular formula is C23H22N4O3. The number of carbonyl (C=O) groups excluding carboxylic acids is 1. The fourth-order valence-corrected chi connectivity index (χ4v) is 3.99. The third-order valence-electron chi connectivity index (χ3n) is 5.59. The number of benzene rings is 1. The van der Waals surface area contributed by atoms with Crippen molar-refractivity contribution >= 4 is 11.6 Å². The number of nitrogens with zero attached hydrogens (tertiary/aromatic N) is 4. The number of rotatable bonds is 4. The smallest absolute Gasteiger partial charge is 0.257 e. The molecule has 3 aromatic heterocycles. The topological polar surface area (TPSA) is 72.9 Å². The summed E-state index contributed by atoms with van der Waals surface area (Å²) >= 11 is 0. The van der Waals surface area contributed by atoms with Crippen LogP contribution in [0.5, 0.6) is 5.75 Å². The zero-order chi connectivity index (χ0) is 20.5. The predicted octanol–water partition coefficient (Wildman–Crippen LogP) is 4.02.